The van der Waals surface area contributed by atoms with Crippen LogP contribution in [0.1, 0.15) is 39.1 Å². The van der Waals surface area contributed by atoms with Gasteiger partial charge in [-0.2, -0.15) is 9.78 Å². The average molecular weight is 630 g/mol. The van der Waals surface area contributed by atoms with Crippen LogP contribution in [0.25, 0.3) is 10.9 Å². The van der Waals surface area contributed by atoms with E-state index in [1.165, 1.54) is 18.0 Å². The Balaban J connectivity index is 2.15. The number of halogens is 3. The summed E-state index contributed by atoms with van der Waals surface area (Å²) in [5, 5.41) is 5.10. The molecule has 0 aliphatic carbocycles. The van der Waals surface area contributed by atoms with Crippen molar-refractivity contribution in [2.24, 2.45) is 5.10 Å². The fourth-order valence-electron chi connectivity index (χ4n) is 3.15. The molecule has 2 aromatic carbocycles. The molecule has 186 valence electrons. The van der Waals surface area contributed by atoms with Crippen molar-refractivity contribution in [2.75, 3.05) is 20.3 Å². The smallest absolute Gasteiger partial charge is 0.343 e. The van der Waals surface area contributed by atoms with Gasteiger partial charge in [0.15, 0.2) is 18.1 Å². The van der Waals surface area contributed by atoms with Crippen molar-refractivity contribution in [3.63, 3.8) is 0 Å². The SMILES string of the molecule is CCOc1cc(C=Nn2c(C(C)(C)C)nc3ccc(Br)cc3c2=O)c(Br)c(Cl)c1OCC(=O)OC. The highest BCUT2D eigenvalue weighted by molar-refractivity contribution is 9.10. The zero-order valence-electron chi connectivity index (χ0n) is 19.8. The minimum Gasteiger partial charge on any atom is -0.490 e. The fourth-order valence-corrected chi connectivity index (χ4v) is 4.16. The number of hydrogen-bond acceptors (Lipinski definition) is 7. The molecule has 0 aliphatic heterocycles. The van der Waals surface area contributed by atoms with Gasteiger partial charge in [0.1, 0.15) is 10.8 Å². The van der Waals surface area contributed by atoms with Gasteiger partial charge in [-0.15, -0.1) is 0 Å². The third kappa shape index (κ3) is 6.05. The fraction of sp³-hybridized carbons (Fsp3) is 0.333. The van der Waals surface area contributed by atoms with Crippen LogP contribution in [-0.4, -0.2) is 42.2 Å². The van der Waals surface area contributed by atoms with Crippen LogP contribution in [0.5, 0.6) is 11.5 Å². The Kier molecular flexibility index (Phi) is 8.61. The molecule has 0 unspecified atom stereocenters. The van der Waals surface area contributed by atoms with Gasteiger partial charge in [-0.3, -0.25) is 4.79 Å². The molecule has 0 fully saturated rings. The zero-order valence-corrected chi connectivity index (χ0v) is 23.7. The largest absolute Gasteiger partial charge is 0.490 e. The monoisotopic (exact) mass is 627 g/mol. The number of carbonyl (C=O) groups excluding carboxylic acids is 1. The van der Waals surface area contributed by atoms with E-state index in [1.807, 2.05) is 33.8 Å². The molecule has 8 nitrogen and oxygen atoms in total. The minimum absolute atomic E-state index is 0.185. The maximum Gasteiger partial charge on any atom is 0.343 e. The van der Waals surface area contributed by atoms with E-state index in [-0.39, 0.29) is 22.9 Å². The molecule has 0 saturated heterocycles. The van der Waals surface area contributed by atoms with Gasteiger partial charge in [0.25, 0.3) is 5.56 Å². The number of nitrogens with zero attached hydrogens (tertiary/aromatic N) is 3. The Morgan fingerprint density at radius 3 is 2.57 bits per heavy atom. The topological polar surface area (TPSA) is 92.0 Å². The highest BCUT2D eigenvalue weighted by Gasteiger charge is 2.23. The molecule has 0 N–H and O–H groups in total. The zero-order chi connectivity index (χ0) is 25.9. The molecule has 0 spiro atoms. The lowest BCUT2D eigenvalue weighted by molar-refractivity contribution is -0.142. The molecule has 0 aliphatic rings. The molecule has 0 bridgehead atoms. The predicted octanol–water partition coefficient (Wildman–Crippen LogP) is 5.71. The van der Waals surface area contributed by atoms with Gasteiger partial charge in [0.05, 0.1) is 30.8 Å². The number of benzene rings is 2. The van der Waals surface area contributed by atoms with E-state index >= 15 is 0 Å². The molecule has 0 amide bonds. The molecule has 1 heterocycles. The third-order valence-electron chi connectivity index (χ3n) is 4.81. The van der Waals surface area contributed by atoms with Gasteiger partial charge in [0.2, 0.25) is 0 Å². The summed E-state index contributed by atoms with van der Waals surface area (Å²) in [4.78, 5) is 29.6. The highest BCUT2D eigenvalue weighted by Crippen LogP contribution is 2.42. The summed E-state index contributed by atoms with van der Waals surface area (Å²) in [6.45, 7) is 7.68. The van der Waals surface area contributed by atoms with Crippen molar-refractivity contribution in [3.05, 3.63) is 60.0 Å². The lowest BCUT2D eigenvalue weighted by atomic mass is 9.95. The third-order valence-corrected chi connectivity index (χ3v) is 6.75. The number of methoxy groups -OCH3 is 1. The normalized spacial score (nSPS) is 11.8. The number of carbonyl (C=O) groups is 1. The minimum atomic E-state index is -0.560. The summed E-state index contributed by atoms with van der Waals surface area (Å²) in [6.07, 6.45) is 1.49. The number of ether oxygens (including phenoxy) is 3. The van der Waals surface area contributed by atoms with E-state index < -0.39 is 11.4 Å². The number of rotatable bonds is 7. The van der Waals surface area contributed by atoms with Crippen LogP contribution in [-0.2, 0) is 14.9 Å². The van der Waals surface area contributed by atoms with E-state index in [4.69, 9.17) is 26.1 Å². The standard InChI is InChI=1S/C24H24Br2ClN3O5/c1-6-34-17-9-13(19(26)20(27)21(17)35-12-18(31)33-5)11-28-30-22(32)15-10-14(25)7-8-16(15)29-23(30)24(2,3)4/h7-11H,6,12H2,1-5H3. The molecule has 0 saturated carbocycles. The molecule has 1 aromatic heterocycles. The summed E-state index contributed by atoms with van der Waals surface area (Å²) in [5.74, 6) is 0.441. The van der Waals surface area contributed by atoms with E-state index in [2.05, 4.69) is 41.7 Å². The van der Waals surface area contributed by atoms with Gasteiger partial charge in [-0.1, -0.05) is 48.3 Å². The van der Waals surface area contributed by atoms with Crippen molar-refractivity contribution >= 4 is 66.5 Å². The Bertz CT molecular complexity index is 1370. The first-order valence-electron chi connectivity index (χ1n) is 10.6. The quantitative estimate of drug-likeness (QED) is 0.246. The van der Waals surface area contributed by atoms with Crippen molar-refractivity contribution in [1.29, 1.82) is 0 Å². The molecule has 0 radical (unpaired) electrons. The van der Waals surface area contributed by atoms with Crippen molar-refractivity contribution in [1.82, 2.24) is 9.66 Å². The Morgan fingerprint density at radius 2 is 1.94 bits per heavy atom. The van der Waals surface area contributed by atoms with Crippen LogP contribution in [0.3, 0.4) is 0 Å². The molecule has 0 atom stereocenters. The summed E-state index contributed by atoms with van der Waals surface area (Å²) in [6, 6.07) is 7.01. The Hall–Kier alpha value is -2.43. The second-order valence-electron chi connectivity index (χ2n) is 8.43. The lowest BCUT2D eigenvalue weighted by Gasteiger charge is -2.21. The second kappa shape index (κ2) is 11.1. The van der Waals surface area contributed by atoms with Crippen molar-refractivity contribution in [3.8, 4) is 11.5 Å². The average Bonchev–Trinajstić information content (AvgIpc) is 2.80. The van der Waals surface area contributed by atoms with Gasteiger partial charge in [0, 0.05) is 19.9 Å². The predicted molar refractivity (Wildman–Crippen MR) is 143 cm³/mol. The van der Waals surface area contributed by atoms with E-state index in [9.17, 15) is 9.59 Å². The second-order valence-corrected chi connectivity index (χ2v) is 10.5. The summed E-state index contributed by atoms with van der Waals surface area (Å²) >= 11 is 13.4. The van der Waals surface area contributed by atoms with Gasteiger partial charge in [-0.25, -0.2) is 9.78 Å². The maximum atomic E-state index is 13.4. The molecule has 3 rings (SSSR count). The summed E-state index contributed by atoms with van der Waals surface area (Å²) < 4.78 is 18.3. The number of fused-ring (bicyclic) bond motifs is 1. The molecular formula is C24H24Br2ClN3O5. The van der Waals surface area contributed by atoms with E-state index in [0.717, 1.165) is 4.47 Å². The Morgan fingerprint density at radius 1 is 1.23 bits per heavy atom. The Labute approximate surface area is 224 Å². The molecule has 35 heavy (non-hydrogen) atoms. The van der Waals surface area contributed by atoms with Crippen LogP contribution in [0.15, 0.2) is 43.1 Å². The maximum absolute atomic E-state index is 13.4. The van der Waals surface area contributed by atoms with E-state index in [0.29, 0.717) is 39.1 Å². The summed E-state index contributed by atoms with van der Waals surface area (Å²) in [5.41, 5.74) is 0.353. The molecular weight excluding hydrogens is 606 g/mol. The van der Waals surface area contributed by atoms with Gasteiger partial charge in [-0.05, 0) is 47.1 Å². The van der Waals surface area contributed by atoms with Gasteiger partial charge < -0.3 is 14.2 Å². The van der Waals surface area contributed by atoms with Crippen LogP contribution in [0, 0.1) is 0 Å². The lowest BCUT2D eigenvalue weighted by Crippen LogP contribution is -2.29. The number of hydrogen-bond donors (Lipinski definition) is 0. The van der Waals surface area contributed by atoms with Crippen LogP contribution in [0.4, 0.5) is 0 Å². The van der Waals surface area contributed by atoms with Crippen molar-refractivity contribution < 1.29 is 19.0 Å². The van der Waals surface area contributed by atoms with Crippen LogP contribution >= 0.6 is 43.5 Å². The van der Waals surface area contributed by atoms with Crippen LogP contribution < -0.4 is 15.0 Å². The van der Waals surface area contributed by atoms with Crippen LogP contribution in [0.2, 0.25) is 5.02 Å². The van der Waals surface area contributed by atoms with E-state index in [1.54, 1.807) is 18.2 Å². The highest BCUT2D eigenvalue weighted by atomic mass is 79.9. The molecule has 11 heteroatoms. The summed E-state index contributed by atoms with van der Waals surface area (Å²) in [7, 11) is 1.26. The number of esters is 1. The first-order valence-corrected chi connectivity index (χ1v) is 12.6. The first-order chi connectivity index (χ1) is 16.5. The van der Waals surface area contributed by atoms with Crippen molar-refractivity contribution in [2.45, 2.75) is 33.1 Å². The first kappa shape index (κ1) is 27.2. The number of aromatic nitrogens is 2. The molecule has 3 aromatic rings. The van der Waals surface area contributed by atoms with Gasteiger partial charge >= 0.3 is 5.97 Å².